The zero-order valence-electron chi connectivity index (χ0n) is 11.9. The van der Waals surface area contributed by atoms with Crippen LogP contribution in [0.15, 0.2) is 24.3 Å². The van der Waals surface area contributed by atoms with Crippen LogP contribution in [0.25, 0.3) is 0 Å². The summed E-state index contributed by atoms with van der Waals surface area (Å²) >= 11 is 11.2. The van der Waals surface area contributed by atoms with Crippen LogP contribution in [0.3, 0.4) is 0 Å². The number of hydrogen-bond donors (Lipinski definition) is 2. The number of anilines is 1. The fourth-order valence-electron chi connectivity index (χ4n) is 2.58. The van der Waals surface area contributed by atoms with E-state index >= 15 is 0 Å². The minimum Gasteiger partial charge on any atom is -0.358 e. The number of thiocarbonyl (C=S) groups is 1. The summed E-state index contributed by atoms with van der Waals surface area (Å²) in [5.74, 6) is 0. The fourth-order valence-corrected chi connectivity index (χ4v) is 2.99. The van der Waals surface area contributed by atoms with Gasteiger partial charge in [0.2, 0.25) is 0 Å². The Balaban J connectivity index is 1.80. The quantitative estimate of drug-likeness (QED) is 0.832. The number of piperidine rings is 1. The maximum atomic E-state index is 5.87. The van der Waals surface area contributed by atoms with Crippen molar-refractivity contribution in [1.29, 1.82) is 0 Å². The fraction of sp³-hybridized carbons (Fsp3) is 0.533. The van der Waals surface area contributed by atoms with Gasteiger partial charge in [-0.3, -0.25) is 0 Å². The van der Waals surface area contributed by atoms with Gasteiger partial charge in [0.25, 0.3) is 0 Å². The molecule has 0 amide bonds. The molecular weight excluding hydrogens is 290 g/mol. The van der Waals surface area contributed by atoms with Crippen LogP contribution in [-0.2, 0) is 0 Å². The molecule has 1 aromatic carbocycles. The molecule has 1 unspecified atom stereocenters. The molecule has 2 N–H and O–H groups in total. The minimum atomic E-state index is 0.447. The van der Waals surface area contributed by atoms with Crippen molar-refractivity contribution in [2.45, 2.75) is 32.2 Å². The molecule has 2 rings (SSSR count). The van der Waals surface area contributed by atoms with E-state index in [2.05, 4.69) is 22.5 Å². The van der Waals surface area contributed by atoms with Gasteiger partial charge in [-0.1, -0.05) is 18.5 Å². The first-order chi connectivity index (χ1) is 9.67. The third-order valence-electron chi connectivity index (χ3n) is 3.48. The first-order valence-electron chi connectivity index (χ1n) is 7.23. The van der Waals surface area contributed by atoms with Crippen molar-refractivity contribution >= 4 is 34.6 Å². The summed E-state index contributed by atoms with van der Waals surface area (Å²) in [7, 11) is 0. The summed E-state index contributed by atoms with van der Waals surface area (Å²) in [4.78, 5) is 2.51. The van der Waals surface area contributed by atoms with Crippen LogP contribution in [0.4, 0.5) is 5.69 Å². The molecule has 1 aliphatic heterocycles. The second-order valence-corrected chi connectivity index (χ2v) is 6.09. The SMILES string of the molecule is CCCN1CCCC(NC(=S)Nc2ccc(Cl)cc2)C1. The molecule has 0 bridgehead atoms. The maximum absolute atomic E-state index is 5.87. The third-order valence-corrected chi connectivity index (χ3v) is 3.95. The van der Waals surface area contributed by atoms with Crippen molar-refractivity contribution in [3.8, 4) is 0 Å². The topological polar surface area (TPSA) is 27.3 Å². The van der Waals surface area contributed by atoms with Crippen LogP contribution in [0, 0.1) is 0 Å². The molecular formula is C15H22ClN3S. The molecule has 3 nitrogen and oxygen atoms in total. The van der Waals surface area contributed by atoms with E-state index in [0.717, 1.165) is 17.3 Å². The molecule has 1 aromatic rings. The lowest BCUT2D eigenvalue weighted by atomic mass is 10.1. The van der Waals surface area contributed by atoms with Crippen LogP contribution in [0.2, 0.25) is 5.02 Å². The van der Waals surface area contributed by atoms with Gasteiger partial charge in [0.15, 0.2) is 5.11 Å². The van der Waals surface area contributed by atoms with Gasteiger partial charge in [-0.2, -0.15) is 0 Å². The van der Waals surface area contributed by atoms with E-state index in [0.29, 0.717) is 11.2 Å². The average molecular weight is 312 g/mol. The third kappa shape index (κ3) is 4.93. The summed E-state index contributed by atoms with van der Waals surface area (Å²) in [6.45, 7) is 5.69. The molecule has 0 spiro atoms. The predicted molar refractivity (Wildman–Crippen MR) is 90.6 cm³/mol. The molecule has 1 fully saturated rings. The molecule has 110 valence electrons. The Hall–Kier alpha value is -0.840. The second-order valence-electron chi connectivity index (χ2n) is 5.25. The number of nitrogens with zero attached hydrogens (tertiary/aromatic N) is 1. The largest absolute Gasteiger partial charge is 0.358 e. The smallest absolute Gasteiger partial charge is 0.171 e. The maximum Gasteiger partial charge on any atom is 0.171 e. The molecule has 1 aliphatic rings. The first-order valence-corrected chi connectivity index (χ1v) is 8.01. The monoisotopic (exact) mass is 311 g/mol. The van der Waals surface area contributed by atoms with E-state index in [4.69, 9.17) is 23.8 Å². The molecule has 1 saturated heterocycles. The van der Waals surface area contributed by atoms with E-state index in [1.165, 1.54) is 32.4 Å². The molecule has 0 saturated carbocycles. The summed E-state index contributed by atoms with van der Waals surface area (Å²) in [5, 5.41) is 8.05. The molecule has 5 heteroatoms. The van der Waals surface area contributed by atoms with E-state index in [1.807, 2.05) is 24.3 Å². The van der Waals surface area contributed by atoms with Crippen LogP contribution >= 0.6 is 23.8 Å². The Morgan fingerprint density at radius 3 is 2.85 bits per heavy atom. The molecule has 0 aliphatic carbocycles. The lowest BCUT2D eigenvalue weighted by Gasteiger charge is -2.33. The number of likely N-dealkylation sites (tertiary alicyclic amines) is 1. The standard InChI is InChI=1S/C15H22ClN3S/c1-2-9-19-10-3-4-14(11-19)18-15(20)17-13-7-5-12(16)6-8-13/h5-8,14H,2-4,9-11H2,1H3,(H2,17,18,20). The first kappa shape index (κ1) is 15.5. The molecule has 1 heterocycles. The molecule has 20 heavy (non-hydrogen) atoms. The Bertz CT molecular complexity index is 433. The van der Waals surface area contributed by atoms with E-state index in [1.54, 1.807) is 0 Å². The summed E-state index contributed by atoms with van der Waals surface area (Å²) in [5.41, 5.74) is 0.966. The minimum absolute atomic E-state index is 0.447. The van der Waals surface area contributed by atoms with Gasteiger partial charge in [0.05, 0.1) is 0 Å². The Morgan fingerprint density at radius 2 is 2.15 bits per heavy atom. The Morgan fingerprint density at radius 1 is 1.40 bits per heavy atom. The second kappa shape index (κ2) is 7.81. The van der Waals surface area contributed by atoms with E-state index in [-0.39, 0.29) is 0 Å². The summed E-state index contributed by atoms with van der Waals surface area (Å²) < 4.78 is 0. The van der Waals surface area contributed by atoms with Crippen LogP contribution < -0.4 is 10.6 Å². The van der Waals surface area contributed by atoms with Gasteiger partial charge in [-0.25, -0.2) is 0 Å². The van der Waals surface area contributed by atoms with Crippen molar-refractivity contribution in [3.05, 3.63) is 29.3 Å². The van der Waals surface area contributed by atoms with Crippen LogP contribution in [0.1, 0.15) is 26.2 Å². The van der Waals surface area contributed by atoms with Gasteiger partial charge < -0.3 is 15.5 Å². The summed E-state index contributed by atoms with van der Waals surface area (Å²) in [6.07, 6.45) is 3.63. The lowest BCUT2D eigenvalue weighted by Crippen LogP contribution is -2.48. The number of halogens is 1. The summed E-state index contributed by atoms with van der Waals surface area (Å²) in [6, 6.07) is 8.02. The van der Waals surface area contributed by atoms with Crippen molar-refractivity contribution in [2.75, 3.05) is 25.0 Å². The molecule has 0 radical (unpaired) electrons. The van der Waals surface area contributed by atoms with Crippen molar-refractivity contribution < 1.29 is 0 Å². The number of hydrogen-bond acceptors (Lipinski definition) is 2. The van der Waals surface area contributed by atoms with Gasteiger partial charge in [0, 0.05) is 23.3 Å². The zero-order chi connectivity index (χ0) is 14.4. The number of benzene rings is 1. The van der Waals surface area contributed by atoms with E-state index in [9.17, 15) is 0 Å². The number of nitrogens with one attached hydrogen (secondary N) is 2. The highest BCUT2D eigenvalue weighted by Crippen LogP contribution is 2.14. The highest BCUT2D eigenvalue weighted by molar-refractivity contribution is 7.80. The normalized spacial score (nSPS) is 19.6. The lowest BCUT2D eigenvalue weighted by molar-refractivity contribution is 0.201. The average Bonchev–Trinajstić information content (AvgIpc) is 2.42. The van der Waals surface area contributed by atoms with Crippen LogP contribution in [0.5, 0.6) is 0 Å². The van der Waals surface area contributed by atoms with E-state index < -0.39 is 0 Å². The van der Waals surface area contributed by atoms with Gasteiger partial charge in [-0.05, 0) is 68.8 Å². The molecule has 0 aromatic heterocycles. The van der Waals surface area contributed by atoms with Crippen LogP contribution in [-0.4, -0.2) is 35.7 Å². The Kier molecular flexibility index (Phi) is 6.07. The predicted octanol–water partition coefficient (Wildman–Crippen LogP) is 3.50. The highest BCUT2D eigenvalue weighted by Gasteiger charge is 2.19. The van der Waals surface area contributed by atoms with Gasteiger partial charge in [0.1, 0.15) is 0 Å². The zero-order valence-corrected chi connectivity index (χ0v) is 13.4. The highest BCUT2D eigenvalue weighted by atomic mass is 35.5. The van der Waals surface area contributed by atoms with Crippen molar-refractivity contribution in [3.63, 3.8) is 0 Å². The molecule has 1 atom stereocenters. The van der Waals surface area contributed by atoms with Gasteiger partial charge >= 0.3 is 0 Å². The number of rotatable bonds is 4. The Labute approximate surface area is 131 Å². The van der Waals surface area contributed by atoms with Crippen molar-refractivity contribution in [2.24, 2.45) is 0 Å². The van der Waals surface area contributed by atoms with Crippen molar-refractivity contribution in [1.82, 2.24) is 10.2 Å². The van der Waals surface area contributed by atoms with Gasteiger partial charge in [-0.15, -0.1) is 0 Å².